The lowest BCUT2D eigenvalue weighted by atomic mass is 9.90. The van der Waals surface area contributed by atoms with E-state index in [-0.39, 0.29) is 5.54 Å². The minimum Gasteiger partial charge on any atom is -0.369 e. The molecular weight excluding hydrogens is 350 g/mol. The van der Waals surface area contributed by atoms with E-state index in [0.29, 0.717) is 12.5 Å². The Morgan fingerprint density at radius 2 is 2.00 bits per heavy atom. The average Bonchev–Trinajstić information content (AvgIpc) is 2.76. The molecule has 2 aromatic rings. The molecule has 108 valence electrons. The lowest BCUT2D eigenvalue weighted by Crippen LogP contribution is -2.47. The number of nitrogens with zero attached hydrogens (tertiary/aromatic N) is 2. The van der Waals surface area contributed by atoms with Gasteiger partial charge in [0.1, 0.15) is 0 Å². The largest absolute Gasteiger partial charge is 0.369 e. The summed E-state index contributed by atoms with van der Waals surface area (Å²) in [4.78, 5) is 6.48. The van der Waals surface area contributed by atoms with Crippen LogP contribution in [0.25, 0.3) is 0 Å². The number of halogens is 2. The summed E-state index contributed by atoms with van der Waals surface area (Å²) in [5.41, 5.74) is 7.77. The van der Waals surface area contributed by atoms with Crippen molar-refractivity contribution in [3.63, 3.8) is 0 Å². The van der Waals surface area contributed by atoms with Crippen molar-refractivity contribution in [1.29, 1.82) is 0 Å². The summed E-state index contributed by atoms with van der Waals surface area (Å²) in [7, 11) is 0. The van der Waals surface area contributed by atoms with Crippen molar-refractivity contribution in [3.05, 3.63) is 63.6 Å². The summed E-state index contributed by atoms with van der Waals surface area (Å²) < 4.78 is 1.00. The van der Waals surface area contributed by atoms with Crippen molar-refractivity contribution in [3.8, 4) is 0 Å². The van der Waals surface area contributed by atoms with Gasteiger partial charge in [-0.25, -0.2) is 0 Å². The van der Waals surface area contributed by atoms with Crippen LogP contribution in [0.2, 0.25) is 5.02 Å². The Morgan fingerprint density at radius 3 is 2.71 bits per heavy atom. The molecule has 0 amide bonds. The van der Waals surface area contributed by atoms with E-state index in [0.717, 1.165) is 20.7 Å². The molecule has 3 rings (SSSR count). The monoisotopic (exact) mass is 363 g/mol. The third kappa shape index (κ3) is 2.43. The van der Waals surface area contributed by atoms with Gasteiger partial charge in [-0.15, -0.1) is 0 Å². The van der Waals surface area contributed by atoms with Crippen LogP contribution in [0.5, 0.6) is 0 Å². The summed E-state index contributed by atoms with van der Waals surface area (Å²) in [5.74, 6) is 0.510. The molecule has 0 bridgehead atoms. The number of aliphatic imine (C=N–C) groups is 1. The van der Waals surface area contributed by atoms with Crippen molar-refractivity contribution in [2.45, 2.75) is 12.5 Å². The molecule has 0 saturated carbocycles. The smallest absolute Gasteiger partial charge is 0.196 e. The maximum Gasteiger partial charge on any atom is 0.196 e. The molecule has 0 saturated heterocycles. The number of hydrogen-bond donors (Lipinski definition) is 1. The molecule has 1 atom stereocenters. The molecule has 0 fully saturated rings. The van der Waals surface area contributed by atoms with Gasteiger partial charge < -0.3 is 10.6 Å². The Labute approximate surface area is 137 Å². The number of benzene rings is 2. The van der Waals surface area contributed by atoms with Crippen molar-refractivity contribution in [1.82, 2.24) is 0 Å². The van der Waals surface area contributed by atoms with Crippen LogP contribution in [0.4, 0.5) is 5.69 Å². The molecular formula is C16H15BrClN3. The first kappa shape index (κ1) is 14.4. The SMILES string of the molecule is CC1(c2ccccc2Cl)CN=C(N)N1c1cccc(Br)c1. The third-order valence-electron chi connectivity index (χ3n) is 3.79. The van der Waals surface area contributed by atoms with Gasteiger partial charge >= 0.3 is 0 Å². The van der Waals surface area contributed by atoms with Crippen LogP contribution in [0.15, 0.2) is 58.0 Å². The first-order valence-electron chi connectivity index (χ1n) is 6.63. The van der Waals surface area contributed by atoms with E-state index in [1.807, 2.05) is 53.4 Å². The zero-order valence-corrected chi connectivity index (χ0v) is 13.9. The highest BCUT2D eigenvalue weighted by molar-refractivity contribution is 9.10. The molecule has 21 heavy (non-hydrogen) atoms. The lowest BCUT2D eigenvalue weighted by molar-refractivity contribution is 0.533. The van der Waals surface area contributed by atoms with E-state index in [1.54, 1.807) is 0 Å². The van der Waals surface area contributed by atoms with E-state index < -0.39 is 0 Å². The summed E-state index contributed by atoms with van der Waals surface area (Å²) in [6, 6.07) is 15.9. The van der Waals surface area contributed by atoms with Gasteiger partial charge in [-0.2, -0.15) is 0 Å². The van der Waals surface area contributed by atoms with E-state index in [4.69, 9.17) is 17.3 Å². The fourth-order valence-electron chi connectivity index (χ4n) is 2.77. The van der Waals surface area contributed by atoms with Gasteiger partial charge in [-0.05, 0) is 36.8 Å². The molecule has 1 aliphatic heterocycles. The summed E-state index contributed by atoms with van der Waals surface area (Å²) in [6.07, 6.45) is 0. The van der Waals surface area contributed by atoms with Gasteiger partial charge in [0.2, 0.25) is 0 Å². The predicted molar refractivity (Wildman–Crippen MR) is 91.9 cm³/mol. The normalized spacial score (nSPS) is 21.5. The second kappa shape index (κ2) is 5.35. The van der Waals surface area contributed by atoms with Gasteiger partial charge in [-0.3, -0.25) is 4.99 Å². The van der Waals surface area contributed by atoms with Crippen molar-refractivity contribution in [2.75, 3.05) is 11.4 Å². The van der Waals surface area contributed by atoms with Gasteiger partial charge in [0, 0.05) is 15.2 Å². The van der Waals surface area contributed by atoms with Crippen LogP contribution < -0.4 is 10.6 Å². The number of guanidine groups is 1. The van der Waals surface area contributed by atoms with E-state index in [9.17, 15) is 0 Å². The second-order valence-electron chi connectivity index (χ2n) is 5.24. The lowest BCUT2D eigenvalue weighted by Gasteiger charge is -2.37. The fourth-order valence-corrected chi connectivity index (χ4v) is 3.49. The van der Waals surface area contributed by atoms with Crippen molar-refractivity contribution < 1.29 is 0 Å². The fraction of sp³-hybridized carbons (Fsp3) is 0.188. The summed E-state index contributed by atoms with van der Waals surface area (Å²) >= 11 is 9.90. The molecule has 1 heterocycles. The molecule has 2 aromatic carbocycles. The molecule has 5 heteroatoms. The van der Waals surface area contributed by atoms with Crippen LogP contribution in [-0.2, 0) is 5.54 Å². The Hall–Kier alpha value is -1.52. The Kier molecular flexibility index (Phi) is 3.68. The molecule has 0 radical (unpaired) electrons. The van der Waals surface area contributed by atoms with Crippen LogP contribution >= 0.6 is 27.5 Å². The zero-order valence-electron chi connectivity index (χ0n) is 11.6. The molecule has 3 nitrogen and oxygen atoms in total. The summed E-state index contributed by atoms with van der Waals surface area (Å²) in [6.45, 7) is 2.69. The van der Waals surface area contributed by atoms with Gasteiger partial charge in [0.05, 0.1) is 12.1 Å². The van der Waals surface area contributed by atoms with Crippen molar-refractivity contribution in [2.24, 2.45) is 10.7 Å². The number of anilines is 1. The molecule has 1 unspecified atom stereocenters. The molecule has 0 spiro atoms. The zero-order chi connectivity index (χ0) is 15.0. The predicted octanol–water partition coefficient (Wildman–Crippen LogP) is 4.15. The number of rotatable bonds is 2. The minimum absolute atomic E-state index is 0.386. The number of nitrogens with two attached hydrogens (primary N) is 1. The van der Waals surface area contributed by atoms with Crippen molar-refractivity contribution >= 4 is 39.2 Å². The van der Waals surface area contributed by atoms with E-state index in [2.05, 4.69) is 27.8 Å². The first-order chi connectivity index (χ1) is 10.0. The molecule has 0 aromatic heterocycles. The van der Waals surface area contributed by atoms with Gasteiger partial charge in [0.25, 0.3) is 0 Å². The summed E-state index contributed by atoms with van der Waals surface area (Å²) in [5, 5.41) is 0.727. The second-order valence-corrected chi connectivity index (χ2v) is 6.57. The van der Waals surface area contributed by atoms with Crippen LogP contribution in [0, 0.1) is 0 Å². The van der Waals surface area contributed by atoms with Crippen LogP contribution in [0.1, 0.15) is 12.5 Å². The highest BCUT2D eigenvalue weighted by Gasteiger charge is 2.41. The van der Waals surface area contributed by atoms with E-state index >= 15 is 0 Å². The van der Waals surface area contributed by atoms with Gasteiger partial charge in [-0.1, -0.05) is 51.8 Å². The Bertz CT molecular complexity index is 716. The first-order valence-corrected chi connectivity index (χ1v) is 7.80. The average molecular weight is 365 g/mol. The number of hydrogen-bond acceptors (Lipinski definition) is 3. The Balaban J connectivity index is 2.13. The van der Waals surface area contributed by atoms with Gasteiger partial charge in [0.15, 0.2) is 5.96 Å². The molecule has 1 aliphatic rings. The van der Waals surface area contributed by atoms with E-state index in [1.165, 1.54) is 0 Å². The quantitative estimate of drug-likeness (QED) is 0.869. The third-order valence-corrected chi connectivity index (χ3v) is 4.61. The maximum absolute atomic E-state index is 6.40. The molecule has 0 aliphatic carbocycles. The standard InChI is InChI=1S/C16H15BrClN3/c1-16(13-7-2-3-8-14(13)18)10-20-15(19)21(16)12-6-4-5-11(17)9-12/h2-9H,10H2,1H3,(H2,19,20). The topological polar surface area (TPSA) is 41.6 Å². The minimum atomic E-state index is -0.386. The van der Waals surface area contributed by atoms with Crippen LogP contribution in [-0.4, -0.2) is 12.5 Å². The molecule has 2 N–H and O–H groups in total. The Morgan fingerprint density at radius 1 is 1.24 bits per heavy atom. The van der Waals surface area contributed by atoms with Crippen LogP contribution in [0.3, 0.4) is 0 Å². The highest BCUT2D eigenvalue weighted by atomic mass is 79.9. The highest BCUT2D eigenvalue weighted by Crippen LogP contribution is 2.40. The maximum atomic E-state index is 6.40.